The summed E-state index contributed by atoms with van der Waals surface area (Å²) < 4.78 is 15.4. The predicted octanol–water partition coefficient (Wildman–Crippen LogP) is 0.621. The lowest BCUT2D eigenvalue weighted by molar-refractivity contribution is -0.146. The lowest BCUT2D eigenvalue weighted by atomic mass is 10.1. The third-order valence-corrected chi connectivity index (χ3v) is 4.08. The van der Waals surface area contributed by atoms with E-state index >= 15 is 0 Å². The van der Waals surface area contributed by atoms with E-state index < -0.39 is 60.0 Å². The topological polar surface area (TPSA) is 149 Å². The highest BCUT2D eigenvalue weighted by Crippen LogP contribution is 2.27. The van der Waals surface area contributed by atoms with Crippen LogP contribution in [0.4, 0.5) is 9.59 Å². The van der Waals surface area contributed by atoms with Crippen molar-refractivity contribution in [3.05, 3.63) is 0 Å². The van der Waals surface area contributed by atoms with Crippen LogP contribution in [-0.4, -0.2) is 88.6 Å². The Morgan fingerprint density at radius 2 is 1.63 bits per heavy atom. The molecule has 172 valence electrons. The van der Waals surface area contributed by atoms with Crippen LogP contribution in [0.5, 0.6) is 0 Å². The Morgan fingerprint density at radius 1 is 1.10 bits per heavy atom. The molecule has 0 saturated carbocycles. The van der Waals surface area contributed by atoms with Gasteiger partial charge in [0.25, 0.3) is 5.91 Å². The summed E-state index contributed by atoms with van der Waals surface area (Å²) in [6.45, 7) is 9.24. The Hall–Kier alpha value is -2.40. The van der Waals surface area contributed by atoms with Gasteiger partial charge >= 0.3 is 18.2 Å². The molecule has 11 heteroatoms. The molecule has 11 nitrogen and oxygen atoms in total. The number of nitrogens with two attached hydrogens (primary N) is 1. The van der Waals surface area contributed by atoms with Crippen molar-refractivity contribution in [2.75, 3.05) is 20.2 Å². The van der Waals surface area contributed by atoms with Crippen LogP contribution >= 0.6 is 0 Å². The molecule has 0 aliphatic carbocycles. The molecule has 1 aliphatic heterocycles. The standard InChI is InChI=1S/C19H33N3O8/c1-18(2,3)29-16(26)21-10-11(8-12(21)15(25)28-7)22(14(24)13(23)9-20)17(27)30-19(4,5)6/h11-13,23H,8-10,20H2,1-7H3/t11-,12+,13-/m0/s1. The van der Waals surface area contributed by atoms with Gasteiger partial charge in [-0.3, -0.25) is 9.69 Å². The van der Waals surface area contributed by atoms with E-state index in [2.05, 4.69) is 0 Å². The molecule has 3 N–H and O–H groups in total. The Bertz CT molecular complexity index is 668. The van der Waals surface area contributed by atoms with Gasteiger partial charge in [0.1, 0.15) is 23.3 Å². The number of ether oxygens (including phenoxy) is 3. The monoisotopic (exact) mass is 431 g/mol. The van der Waals surface area contributed by atoms with Gasteiger partial charge in [-0.15, -0.1) is 0 Å². The molecule has 0 aromatic rings. The van der Waals surface area contributed by atoms with E-state index in [1.165, 1.54) is 0 Å². The van der Waals surface area contributed by atoms with Crippen molar-refractivity contribution >= 4 is 24.1 Å². The van der Waals surface area contributed by atoms with Crippen molar-refractivity contribution in [2.45, 2.75) is 77.4 Å². The molecule has 30 heavy (non-hydrogen) atoms. The van der Waals surface area contributed by atoms with Gasteiger partial charge in [-0.25, -0.2) is 19.3 Å². The minimum atomic E-state index is -1.65. The van der Waals surface area contributed by atoms with Crippen LogP contribution in [0, 0.1) is 0 Å². The fourth-order valence-corrected chi connectivity index (χ4v) is 2.87. The zero-order valence-electron chi connectivity index (χ0n) is 18.6. The van der Waals surface area contributed by atoms with E-state index in [1.807, 2.05) is 0 Å². The maximum atomic E-state index is 12.7. The molecule has 0 aromatic heterocycles. The average Bonchev–Trinajstić information content (AvgIpc) is 3.02. The summed E-state index contributed by atoms with van der Waals surface area (Å²) in [7, 11) is 1.16. The molecule has 0 unspecified atom stereocenters. The number of aliphatic hydroxyl groups excluding tert-OH is 1. The first-order valence-electron chi connectivity index (χ1n) is 9.63. The molecule has 1 fully saturated rings. The quantitative estimate of drug-likeness (QED) is 0.482. The largest absolute Gasteiger partial charge is 0.467 e. The number of hydrogen-bond donors (Lipinski definition) is 2. The minimum Gasteiger partial charge on any atom is -0.467 e. The summed E-state index contributed by atoms with van der Waals surface area (Å²) in [4.78, 5) is 52.1. The Balaban J connectivity index is 3.26. The van der Waals surface area contributed by atoms with Gasteiger partial charge < -0.3 is 25.1 Å². The van der Waals surface area contributed by atoms with Gasteiger partial charge in [0.05, 0.1) is 13.2 Å². The third kappa shape index (κ3) is 6.84. The van der Waals surface area contributed by atoms with Gasteiger partial charge in [0.15, 0.2) is 0 Å². The van der Waals surface area contributed by atoms with Crippen molar-refractivity contribution in [3.8, 4) is 0 Å². The number of methoxy groups -OCH3 is 1. The molecule has 0 bridgehead atoms. The molecule has 0 aromatic carbocycles. The Morgan fingerprint density at radius 3 is 2.07 bits per heavy atom. The molecule has 0 radical (unpaired) electrons. The van der Waals surface area contributed by atoms with E-state index in [1.54, 1.807) is 41.5 Å². The van der Waals surface area contributed by atoms with Crippen molar-refractivity contribution < 1.29 is 38.5 Å². The van der Waals surface area contributed by atoms with E-state index in [-0.39, 0.29) is 13.0 Å². The second-order valence-corrected chi connectivity index (χ2v) is 9.00. The average molecular weight is 431 g/mol. The maximum absolute atomic E-state index is 12.7. The summed E-state index contributed by atoms with van der Waals surface area (Å²) in [6, 6.07) is -2.03. The number of carbonyl (C=O) groups excluding carboxylic acids is 4. The van der Waals surface area contributed by atoms with Gasteiger partial charge in [-0.1, -0.05) is 0 Å². The fraction of sp³-hybridized carbons (Fsp3) is 0.789. The summed E-state index contributed by atoms with van der Waals surface area (Å²) in [6.07, 6.45) is -3.56. The molecule has 0 spiro atoms. The van der Waals surface area contributed by atoms with Crippen molar-refractivity contribution in [1.82, 2.24) is 9.80 Å². The van der Waals surface area contributed by atoms with Crippen LogP contribution in [0.1, 0.15) is 48.0 Å². The van der Waals surface area contributed by atoms with Gasteiger partial charge in [-0.2, -0.15) is 0 Å². The summed E-state index contributed by atoms with van der Waals surface area (Å²) in [5.74, 6) is -1.70. The Labute approximate surface area is 176 Å². The van der Waals surface area contributed by atoms with E-state index in [9.17, 15) is 24.3 Å². The van der Waals surface area contributed by atoms with E-state index in [4.69, 9.17) is 19.9 Å². The fourth-order valence-electron chi connectivity index (χ4n) is 2.87. The highest BCUT2D eigenvalue weighted by Gasteiger charge is 2.48. The summed E-state index contributed by atoms with van der Waals surface area (Å²) in [5, 5.41) is 9.93. The van der Waals surface area contributed by atoms with Crippen molar-refractivity contribution in [3.63, 3.8) is 0 Å². The van der Waals surface area contributed by atoms with Crippen LogP contribution in [0.3, 0.4) is 0 Å². The number of likely N-dealkylation sites (tertiary alicyclic amines) is 1. The highest BCUT2D eigenvalue weighted by atomic mass is 16.6. The normalized spacial score (nSPS) is 20.4. The molecular weight excluding hydrogens is 398 g/mol. The first kappa shape index (κ1) is 25.6. The molecule has 1 aliphatic rings. The first-order chi connectivity index (χ1) is 13.6. The molecular formula is C19H33N3O8. The molecule has 3 amide bonds. The smallest absolute Gasteiger partial charge is 0.417 e. The van der Waals surface area contributed by atoms with E-state index in [0.717, 1.165) is 12.0 Å². The van der Waals surface area contributed by atoms with Crippen LogP contribution < -0.4 is 5.73 Å². The molecule has 1 saturated heterocycles. The molecule has 1 heterocycles. The Kier molecular flexibility index (Phi) is 8.21. The second kappa shape index (κ2) is 9.61. The number of aliphatic hydroxyl groups is 1. The third-order valence-electron chi connectivity index (χ3n) is 4.08. The lowest BCUT2D eigenvalue weighted by Gasteiger charge is -2.31. The van der Waals surface area contributed by atoms with Crippen LogP contribution in [0.15, 0.2) is 0 Å². The van der Waals surface area contributed by atoms with Crippen molar-refractivity contribution in [2.24, 2.45) is 5.73 Å². The summed E-state index contributed by atoms with van der Waals surface area (Å²) in [5.41, 5.74) is 3.62. The van der Waals surface area contributed by atoms with Crippen LogP contribution in [0.2, 0.25) is 0 Å². The number of rotatable bonds is 4. The lowest BCUT2D eigenvalue weighted by Crippen LogP contribution is -2.53. The number of amides is 3. The zero-order valence-corrected chi connectivity index (χ0v) is 18.6. The maximum Gasteiger partial charge on any atom is 0.417 e. The number of imide groups is 1. The van der Waals surface area contributed by atoms with Crippen molar-refractivity contribution in [1.29, 1.82) is 0 Å². The van der Waals surface area contributed by atoms with Gasteiger partial charge in [0, 0.05) is 19.5 Å². The minimum absolute atomic E-state index is 0.103. The SMILES string of the molecule is COC(=O)[C@H]1C[C@H](N(C(=O)OC(C)(C)C)C(=O)[C@@H](O)CN)CN1C(=O)OC(C)(C)C. The van der Waals surface area contributed by atoms with Crippen LogP contribution in [0.25, 0.3) is 0 Å². The highest BCUT2D eigenvalue weighted by molar-refractivity contribution is 5.95. The van der Waals surface area contributed by atoms with Gasteiger partial charge in [0.2, 0.25) is 0 Å². The molecule has 1 rings (SSSR count). The molecule has 3 atom stereocenters. The van der Waals surface area contributed by atoms with Gasteiger partial charge in [-0.05, 0) is 41.5 Å². The van der Waals surface area contributed by atoms with E-state index in [0.29, 0.717) is 4.90 Å². The number of esters is 1. The summed E-state index contributed by atoms with van der Waals surface area (Å²) >= 11 is 0. The first-order valence-corrected chi connectivity index (χ1v) is 9.63. The number of carbonyl (C=O) groups is 4. The second-order valence-electron chi connectivity index (χ2n) is 9.00. The predicted molar refractivity (Wildman–Crippen MR) is 105 cm³/mol. The zero-order chi connectivity index (χ0) is 23.4. The van der Waals surface area contributed by atoms with Crippen LogP contribution in [-0.2, 0) is 23.8 Å². The number of hydrogen-bond acceptors (Lipinski definition) is 9. The number of nitrogens with zero attached hydrogens (tertiary/aromatic N) is 2.